The first-order chi connectivity index (χ1) is 11.6. The maximum absolute atomic E-state index is 11.2. The van der Waals surface area contributed by atoms with Gasteiger partial charge < -0.3 is 5.11 Å². The van der Waals surface area contributed by atoms with Gasteiger partial charge in [0, 0.05) is 16.7 Å². The summed E-state index contributed by atoms with van der Waals surface area (Å²) in [5.74, 6) is -0.987. The first-order valence-corrected chi connectivity index (χ1v) is 8.56. The molecular formula is C17H11N3O2S2. The molecule has 0 bridgehead atoms. The van der Waals surface area contributed by atoms with E-state index in [9.17, 15) is 10.1 Å². The van der Waals surface area contributed by atoms with Gasteiger partial charge in [-0.15, -0.1) is 11.3 Å². The number of carboxylic acids is 1. The number of thiazole rings is 1. The van der Waals surface area contributed by atoms with Crippen LogP contribution in [0.1, 0.15) is 20.9 Å². The lowest BCUT2D eigenvalue weighted by atomic mass is 10.1. The minimum absolute atomic E-state index is 0.218. The van der Waals surface area contributed by atoms with E-state index in [0.29, 0.717) is 16.3 Å². The number of hydrogen-bond donors (Lipinski definition) is 1. The highest BCUT2D eigenvalue weighted by atomic mass is 32.2. The molecule has 0 spiro atoms. The van der Waals surface area contributed by atoms with Gasteiger partial charge in [-0.1, -0.05) is 23.9 Å². The smallest absolute Gasteiger partial charge is 0.347 e. The summed E-state index contributed by atoms with van der Waals surface area (Å²) in [6, 6.07) is 13.2. The normalized spacial score (nSPS) is 10.3. The van der Waals surface area contributed by atoms with E-state index >= 15 is 0 Å². The minimum Gasteiger partial charge on any atom is -0.477 e. The molecule has 0 saturated heterocycles. The Morgan fingerprint density at radius 2 is 2.17 bits per heavy atom. The second-order valence-electron chi connectivity index (χ2n) is 4.83. The van der Waals surface area contributed by atoms with Crippen LogP contribution in [0.3, 0.4) is 0 Å². The number of rotatable bonds is 4. The third kappa shape index (κ3) is 3.30. The molecule has 1 aromatic carbocycles. The predicted molar refractivity (Wildman–Crippen MR) is 92.3 cm³/mol. The van der Waals surface area contributed by atoms with Crippen LogP contribution < -0.4 is 0 Å². The highest BCUT2D eigenvalue weighted by molar-refractivity contribution is 7.99. The van der Waals surface area contributed by atoms with Gasteiger partial charge in [-0.2, -0.15) is 5.26 Å². The molecule has 3 rings (SSSR count). The van der Waals surface area contributed by atoms with Crippen LogP contribution in [0.15, 0.2) is 52.5 Å². The maximum Gasteiger partial charge on any atom is 0.347 e. The molecule has 5 nitrogen and oxygen atoms in total. The van der Waals surface area contributed by atoms with E-state index in [-0.39, 0.29) is 4.88 Å². The Morgan fingerprint density at radius 3 is 2.79 bits per heavy atom. The van der Waals surface area contributed by atoms with Crippen molar-refractivity contribution in [2.75, 3.05) is 0 Å². The zero-order valence-corrected chi connectivity index (χ0v) is 14.2. The Bertz CT molecular complexity index is 946. The Kier molecular flexibility index (Phi) is 4.60. The van der Waals surface area contributed by atoms with Gasteiger partial charge in [0.15, 0.2) is 0 Å². The van der Waals surface area contributed by atoms with Crippen molar-refractivity contribution in [3.8, 4) is 16.6 Å². The summed E-state index contributed by atoms with van der Waals surface area (Å²) in [6.45, 7) is 1.67. The molecule has 1 N–H and O–H groups in total. The summed E-state index contributed by atoms with van der Waals surface area (Å²) >= 11 is 2.52. The van der Waals surface area contributed by atoms with E-state index in [1.807, 2.05) is 30.3 Å². The van der Waals surface area contributed by atoms with Crippen molar-refractivity contribution in [3.05, 3.63) is 58.7 Å². The summed E-state index contributed by atoms with van der Waals surface area (Å²) in [5, 5.41) is 20.0. The predicted octanol–water partition coefficient (Wildman–Crippen LogP) is 4.23. The number of aryl methyl sites for hydroxylation is 1. The summed E-state index contributed by atoms with van der Waals surface area (Å²) < 4.78 is 0. The van der Waals surface area contributed by atoms with Gasteiger partial charge in [0.25, 0.3) is 0 Å². The number of pyridine rings is 1. The molecule has 2 aromatic heterocycles. The fourth-order valence-electron chi connectivity index (χ4n) is 2.08. The second kappa shape index (κ2) is 6.83. The number of carbonyl (C=O) groups is 1. The quantitative estimate of drug-likeness (QED) is 0.755. The van der Waals surface area contributed by atoms with E-state index in [1.54, 1.807) is 19.2 Å². The number of aromatic nitrogens is 2. The fourth-order valence-corrected chi connectivity index (χ4v) is 3.82. The lowest BCUT2D eigenvalue weighted by Gasteiger charge is -2.05. The number of aromatic carboxylic acids is 1. The van der Waals surface area contributed by atoms with Gasteiger partial charge in [0.05, 0.1) is 11.3 Å². The van der Waals surface area contributed by atoms with Crippen LogP contribution in [-0.4, -0.2) is 21.0 Å². The van der Waals surface area contributed by atoms with Crippen molar-refractivity contribution in [2.45, 2.75) is 16.8 Å². The number of carboxylic acid groups (broad SMARTS) is 1. The molecule has 0 aliphatic carbocycles. The molecule has 0 aliphatic rings. The Hall–Kier alpha value is -2.69. The largest absolute Gasteiger partial charge is 0.477 e. The third-order valence-electron chi connectivity index (χ3n) is 3.19. The first kappa shape index (κ1) is 16.2. The molecule has 0 fully saturated rings. The van der Waals surface area contributed by atoms with Crippen LogP contribution >= 0.6 is 23.1 Å². The van der Waals surface area contributed by atoms with E-state index in [4.69, 9.17) is 5.11 Å². The summed E-state index contributed by atoms with van der Waals surface area (Å²) in [7, 11) is 0. The molecular weight excluding hydrogens is 342 g/mol. The molecule has 3 aromatic rings. The van der Waals surface area contributed by atoms with E-state index in [1.165, 1.54) is 11.8 Å². The molecule has 118 valence electrons. The zero-order chi connectivity index (χ0) is 17.1. The van der Waals surface area contributed by atoms with Gasteiger partial charge in [0.2, 0.25) is 0 Å². The van der Waals surface area contributed by atoms with Crippen LogP contribution in [0.25, 0.3) is 10.6 Å². The third-order valence-corrected chi connectivity index (χ3v) is 5.41. The Labute approximate surface area is 146 Å². The van der Waals surface area contributed by atoms with Crippen molar-refractivity contribution >= 4 is 29.1 Å². The molecule has 2 heterocycles. The number of benzene rings is 1. The van der Waals surface area contributed by atoms with E-state index < -0.39 is 5.97 Å². The first-order valence-electron chi connectivity index (χ1n) is 6.92. The van der Waals surface area contributed by atoms with Gasteiger partial charge in [-0.05, 0) is 31.2 Å². The highest BCUT2D eigenvalue weighted by Crippen LogP contribution is 2.34. The summed E-state index contributed by atoms with van der Waals surface area (Å²) in [5.41, 5.74) is 1.72. The number of hydrogen-bond acceptors (Lipinski definition) is 6. The molecule has 7 heteroatoms. The van der Waals surface area contributed by atoms with Crippen molar-refractivity contribution in [2.24, 2.45) is 0 Å². The number of nitriles is 1. The fraction of sp³-hybridized carbons (Fsp3) is 0.0588. The van der Waals surface area contributed by atoms with E-state index in [0.717, 1.165) is 26.8 Å². The van der Waals surface area contributed by atoms with Crippen LogP contribution in [0.4, 0.5) is 0 Å². The lowest BCUT2D eigenvalue weighted by molar-refractivity contribution is 0.0701. The molecule has 0 saturated carbocycles. The SMILES string of the molecule is Cc1nc(-c2ccc(Sc3ccccn3)c(C#N)c2)sc1C(=O)O. The monoisotopic (exact) mass is 353 g/mol. The van der Waals surface area contributed by atoms with Crippen molar-refractivity contribution in [1.82, 2.24) is 9.97 Å². The van der Waals surface area contributed by atoms with Crippen LogP contribution in [-0.2, 0) is 0 Å². The molecule has 24 heavy (non-hydrogen) atoms. The highest BCUT2D eigenvalue weighted by Gasteiger charge is 2.16. The van der Waals surface area contributed by atoms with Crippen molar-refractivity contribution in [3.63, 3.8) is 0 Å². The summed E-state index contributed by atoms with van der Waals surface area (Å²) in [4.78, 5) is 20.7. The van der Waals surface area contributed by atoms with Gasteiger partial charge in [0.1, 0.15) is 21.0 Å². The molecule has 0 unspecified atom stereocenters. The number of nitrogens with zero attached hydrogens (tertiary/aromatic N) is 3. The average Bonchev–Trinajstić information content (AvgIpc) is 2.98. The Morgan fingerprint density at radius 1 is 1.33 bits per heavy atom. The molecule has 0 amide bonds. The molecule has 0 radical (unpaired) electrons. The second-order valence-corrected chi connectivity index (χ2v) is 6.89. The van der Waals surface area contributed by atoms with E-state index in [2.05, 4.69) is 16.0 Å². The standard InChI is InChI=1S/C17H11N3O2S2/c1-10-15(17(21)22)24-16(20-10)11-5-6-13(12(8-11)9-18)23-14-4-2-3-7-19-14/h2-8H,1H3,(H,21,22). The zero-order valence-electron chi connectivity index (χ0n) is 12.6. The van der Waals surface area contributed by atoms with Crippen LogP contribution in [0.5, 0.6) is 0 Å². The van der Waals surface area contributed by atoms with Crippen LogP contribution in [0, 0.1) is 18.3 Å². The van der Waals surface area contributed by atoms with Crippen molar-refractivity contribution in [1.29, 1.82) is 5.26 Å². The topological polar surface area (TPSA) is 86.9 Å². The molecule has 0 aliphatic heterocycles. The maximum atomic E-state index is 11.2. The average molecular weight is 353 g/mol. The van der Waals surface area contributed by atoms with Gasteiger partial charge in [-0.3, -0.25) is 0 Å². The van der Waals surface area contributed by atoms with Gasteiger partial charge >= 0.3 is 5.97 Å². The lowest BCUT2D eigenvalue weighted by Crippen LogP contribution is -1.94. The van der Waals surface area contributed by atoms with Crippen LogP contribution in [0.2, 0.25) is 0 Å². The van der Waals surface area contributed by atoms with Crippen molar-refractivity contribution < 1.29 is 9.90 Å². The summed E-state index contributed by atoms with van der Waals surface area (Å²) in [6.07, 6.45) is 1.70. The van der Waals surface area contributed by atoms with Gasteiger partial charge in [-0.25, -0.2) is 14.8 Å². The minimum atomic E-state index is -0.987. The molecule has 0 atom stereocenters. The Balaban J connectivity index is 1.96.